The number of amides is 1. The molecule has 0 aliphatic rings. The van der Waals surface area contributed by atoms with E-state index in [1.807, 2.05) is 0 Å². The lowest BCUT2D eigenvalue weighted by Crippen LogP contribution is -2.25. The summed E-state index contributed by atoms with van der Waals surface area (Å²) in [7, 11) is 0. The predicted molar refractivity (Wildman–Crippen MR) is 97.6 cm³/mol. The Labute approximate surface area is 160 Å². The first-order valence-electron chi connectivity index (χ1n) is 8.99. The van der Waals surface area contributed by atoms with Gasteiger partial charge in [-0.05, 0) is 5.53 Å². The molecule has 0 aromatic rings. The van der Waals surface area contributed by atoms with E-state index in [1.165, 1.54) is 6.92 Å². The topological polar surface area (TPSA) is 133 Å². The van der Waals surface area contributed by atoms with Crippen LogP contribution in [-0.4, -0.2) is 98.3 Å². The Morgan fingerprint density at radius 2 is 1.11 bits per heavy atom. The van der Waals surface area contributed by atoms with Crippen molar-refractivity contribution in [2.75, 3.05) is 92.4 Å². The molecule has 0 bridgehead atoms. The fourth-order valence-electron chi connectivity index (χ4n) is 1.65. The summed E-state index contributed by atoms with van der Waals surface area (Å²) >= 11 is 0. The van der Waals surface area contributed by atoms with Crippen molar-refractivity contribution in [3.05, 3.63) is 10.4 Å². The second-order valence-corrected chi connectivity index (χ2v) is 5.11. The molecular formula is C16H32N4O7. The Bertz CT molecular complexity index is 362. The largest absolute Gasteiger partial charge is 0.379 e. The monoisotopic (exact) mass is 392 g/mol. The average Bonchev–Trinajstić information content (AvgIpc) is 2.65. The highest BCUT2D eigenvalue weighted by molar-refractivity contribution is 5.72. The molecule has 1 N–H and O–H groups in total. The smallest absolute Gasteiger partial charge is 0.216 e. The normalized spacial score (nSPS) is 10.6. The van der Waals surface area contributed by atoms with Gasteiger partial charge < -0.3 is 33.7 Å². The lowest BCUT2D eigenvalue weighted by Gasteiger charge is -2.08. The van der Waals surface area contributed by atoms with Crippen LogP contribution in [0.25, 0.3) is 10.4 Å². The van der Waals surface area contributed by atoms with Crippen LogP contribution in [0, 0.1) is 0 Å². The molecule has 1 amide bonds. The quantitative estimate of drug-likeness (QED) is 0.130. The standard InChI is InChI=1S/C16H32N4O7/c1-16(21)18-2-4-22-6-8-24-10-12-26-14-15-27-13-11-25-9-7-23-5-3-19-20-17/h2-15H2,1H3,(H,18,21). The maximum atomic E-state index is 10.6. The Kier molecular flexibility index (Phi) is 21.4. The Hall–Kier alpha value is -1.46. The minimum absolute atomic E-state index is 0.0616. The van der Waals surface area contributed by atoms with E-state index in [0.29, 0.717) is 92.4 Å². The maximum absolute atomic E-state index is 10.6. The van der Waals surface area contributed by atoms with Crippen molar-refractivity contribution in [2.24, 2.45) is 5.11 Å². The molecule has 11 nitrogen and oxygen atoms in total. The molecule has 11 heteroatoms. The lowest BCUT2D eigenvalue weighted by molar-refractivity contribution is -0.119. The molecule has 0 aromatic heterocycles. The van der Waals surface area contributed by atoms with Gasteiger partial charge in [-0.2, -0.15) is 0 Å². The van der Waals surface area contributed by atoms with Crippen molar-refractivity contribution < 1.29 is 33.2 Å². The summed E-state index contributed by atoms with van der Waals surface area (Å²) in [5, 5.41) is 5.99. The highest BCUT2D eigenvalue weighted by Gasteiger charge is 1.94. The Morgan fingerprint density at radius 3 is 1.48 bits per heavy atom. The Balaban J connectivity index is 3.01. The van der Waals surface area contributed by atoms with Crippen molar-refractivity contribution >= 4 is 5.91 Å². The zero-order valence-electron chi connectivity index (χ0n) is 16.1. The van der Waals surface area contributed by atoms with Gasteiger partial charge >= 0.3 is 0 Å². The summed E-state index contributed by atoms with van der Waals surface area (Å²) in [4.78, 5) is 13.2. The van der Waals surface area contributed by atoms with Crippen LogP contribution in [0.15, 0.2) is 5.11 Å². The molecule has 0 aliphatic carbocycles. The van der Waals surface area contributed by atoms with Crippen molar-refractivity contribution in [1.29, 1.82) is 0 Å². The molecule has 0 saturated carbocycles. The molecule has 0 spiro atoms. The van der Waals surface area contributed by atoms with Crippen LogP contribution in [0.1, 0.15) is 6.92 Å². The predicted octanol–water partition coefficient (Wildman–Crippen LogP) is 0.532. The first-order valence-corrected chi connectivity index (χ1v) is 8.99. The van der Waals surface area contributed by atoms with Gasteiger partial charge in [0.25, 0.3) is 0 Å². The number of ether oxygens (including phenoxy) is 6. The van der Waals surface area contributed by atoms with E-state index < -0.39 is 0 Å². The zero-order valence-corrected chi connectivity index (χ0v) is 16.1. The highest BCUT2D eigenvalue weighted by Crippen LogP contribution is 1.85. The molecular weight excluding hydrogens is 360 g/mol. The third kappa shape index (κ3) is 24.5. The van der Waals surface area contributed by atoms with E-state index in [2.05, 4.69) is 15.3 Å². The highest BCUT2D eigenvalue weighted by atomic mass is 16.6. The van der Waals surface area contributed by atoms with Crippen molar-refractivity contribution in [3.63, 3.8) is 0 Å². The zero-order chi connectivity index (χ0) is 19.8. The van der Waals surface area contributed by atoms with Gasteiger partial charge in [-0.1, -0.05) is 5.11 Å². The second-order valence-electron chi connectivity index (χ2n) is 5.11. The van der Waals surface area contributed by atoms with Gasteiger partial charge in [0.15, 0.2) is 0 Å². The minimum atomic E-state index is -0.0616. The fourth-order valence-corrected chi connectivity index (χ4v) is 1.65. The van der Waals surface area contributed by atoms with E-state index in [9.17, 15) is 4.79 Å². The van der Waals surface area contributed by atoms with E-state index >= 15 is 0 Å². The third-order valence-corrected chi connectivity index (χ3v) is 2.88. The summed E-state index contributed by atoms with van der Waals surface area (Å²) in [6.45, 7) is 8.09. The summed E-state index contributed by atoms with van der Waals surface area (Å²) in [6, 6.07) is 0. The third-order valence-electron chi connectivity index (χ3n) is 2.88. The number of carbonyl (C=O) groups is 1. The van der Waals surface area contributed by atoms with E-state index in [0.717, 1.165) is 0 Å². The van der Waals surface area contributed by atoms with Crippen LogP contribution in [-0.2, 0) is 33.2 Å². The second kappa shape index (κ2) is 22.6. The number of rotatable bonds is 21. The van der Waals surface area contributed by atoms with Crippen molar-refractivity contribution in [2.45, 2.75) is 6.92 Å². The summed E-state index contributed by atoms with van der Waals surface area (Å²) in [5.74, 6) is -0.0616. The number of nitrogens with one attached hydrogen (secondary N) is 1. The van der Waals surface area contributed by atoms with Crippen LogP contribution in [0.3, 0.4) is 0 Å². The minimum Gasteiger partial charge on any atom is -0.379 e. The van der Waals surface area contributed by atoms with Crippen molar-refractivity contribution in [3.8, 4) is 0 Å². The summed E-state index contributed by atoms with van der Waals surface area (Å²) in [6.07, 6.45) is 0. The van der Waals surface area contributed by atoms with Crippen LogP contribution in [0.2, 0.25) is 0 Å². The van der Waals surface area contributed by atoms with Gasteiger partial charge in [0.2, 0.25) is 5.91 Å². The van der Waals surface area contributed by atoms with Gasteiger partial charge in [-0.15, -0.1) is 0 Å². The van der Waals surface area contributed by atoms with Gasteiger partial charge in [-0.25, -0.2) is 0 Å². The van der Waals surface area contributed by atoms with Crippen LogP contribution >= 0.6 is 0 Å². The molecule has 0 aromatic carbocycles. The van der Waals surface area contributed by atoms with Gasteiger partial charge in [0.05, 0.1) is 79.3 Å². The maximum Gasteiger partial charge on any atom is 0.216 e. The van der Waals surface area contributed by atoms with Crippen molar-refractivity contribution in [1.82, 2.24) is 5.32 Å². The van der Waals surface area contributed by atoms with Crippen LogP contribution in [0.5, 0.6) is 0 Å². The molecule has 0 saturated heterocycles. The lowest BCUT2D eigenvalue weighted by atomic mass is 10.6. The number of azide groups is 1. The molecule has 0 rings (SSSR count). The van der Waals surface area contributed by atoms with E-state index in [1.54, 1.807) is 0 Å². The molecule has 0 radical (unpaired) electrons. The molecule has 0 aliphatic heterocycles. The molecule has 27 heavy (non-hydrogen) atoms. The summed E-state index contributed by atoms with van der Waals surface area (Å²) in [5.41, 5.74) is 8.07. The fraction of sp³-hybridized carbons (Fsp3) is 0.938. The first kappa shape index (κ1) is 25.5. The van der Waals surface area contributed by atoms with E-state index in [4.69, 9.17) is 34.0 Å². The number of hydrogen-bond donors (Lipinski definition) is 1. The van der Waals surface area contributed by atoms with Gasteiger partial charge in [-0.3, -0.25) is 4.79 Å². The van der Waals surface area contributed by atoms with Gasteiger partial charge in [0, 0.05) is 24.9 Å². The van der Waals surface area contributed by atoms with Crippen LogP contribution in [0.4, 0.5) is 0 Å². The number of carbonyl (C=O) groups excluding carboxylic acids is 1. The van der Waals surface area contributed by atoms with E-state index in [-0.39, 0.29) is 5.91 Å². The summed E-state index contributed by atoms with van der Waals surface area (Å²) < 4.78 is 31.8. The number of nitrogens with zero attached hydrogens (tertiary/aromatic N) is 3. The van der Waals surface area contributed by atoms with Crippen LogP contribution < -0.4 is 5.32 Å². The molecule has 158 valence electrons. The molecule has 0 atom stereocenters. The number of hydrogen-bond acceptors (Lipinski definition) is 8. The van der Waals surface area contributed by atoms with Gasteiger partial charge in [0.1, 0.15) is 0 Å². The SMILES string of the molecule is CC(=O)NCCOCCOCCOCCOCCOCCOCCN=[N+]=[N-]. The Morgan fingerprint density at radius 1 is 0.741 bits per heavy atom. The molecule has 0 unspecified atom stereocenters. The first-order chi connectivity index (χ1) is 13.3. The molecule has 0 heterocycles. The molecule has 0 fully saturated rings. The average molecular weight is 392 g/mol.